The van der Waals surface area contributed by atoms with E-state index in [9.17, 15) is 4.79 Å². The third kappa shape index (κ3) is 3.55. The third-order valence-corrected chi connectivity index (χ3v) is 4.42. The topological polar surface area (TPSA) is 70.7 Å². The second kappa shape index (κ2) is 7.05. The van der Waals surface area contributed by atoms with Gasteiger partial charge in [-0.05, 0) is 50.5 Å². The van der Waals surface area contributed by atoms with Crippen molar-refractivity contribution in [2.75, 3.05) is 0 Å². The highest BCUT2D eigenvalue weighted by Crippen LogP contribution is 2.22. The number of nitrogens with one attached hydrogen (secondary N) is 2. The van der Waals surface area contributed by atoms with Crippen LogP contribution in [0.25, 0.3) is 10.9 Å². The van der Waals surface area contributed by atoms with E-state index in [-0.39, 0.29) is 11.9 Å². The van der Waals surface area contributed by atoms with Crippen molar-refractivity contribution in [3.8, 4) is 0 Å². The summed E-state index contributed by atoms with van der Waals surface area (Å²) in [4.78, 5) is 25.1. The van der Waals surface area contributed by atoms with Crippen LogP contribution in [0.5, 0.6) is 0 Å². The minimum absolute atomic E-state index is 0.0929. The van der Waals surface area contributed by atoms with Crippen LogP contribution in [0.15, 0.2) is 30.5 Å². The summed E-state index contributed by atoms with van der Waals surface area (Å²) < 4.78 is 0. The molecule has 0 aliphatic heterocycles. The Kier molecular flexibility index (Phi) is 4.83. The normalized spacial score (nSPS) is 12.3. The summed E-state index contributed by atoms with van der Waals surface area (Å²) in [5.41, 5.74) is 4.54. The van der Waals surface area contributed by atoms with E-state index in [0.717, 1.165) is 41.0 Å². The van der Waals surface area contributed by atoms with Crippen molar-refractivity contribution in [1.29, 1.82) is 0 Å². The number of rotatable bonds is 5. The summed E-state index contributed by atoms with van der Waals surface area (Å²) >= 11 is 0. The molecule has 0 spiro atoms. The number of aromatic nitrogens is 3. The smallest absolute Gasteiger partial charge is 0.252 e. The summed E-state index contributed by atoms with van der Waals surface area (Å²) in [5.74, 6) is 0.697. The lowest BCUT2D eigenvalue weighted by molar-refractivity contribution is 0.0935. The lowest BCUT2D eigenvalue weighted by Crippen LogP contribution is -2.29. The van der Waals surface area contributed by atoms with E-state index < -0.39 is 0 Å². The zero-order chi connectivity index (χ0) is 18.0. The molecule has 130 valence electrons. The van der Waals surface area contributed by atoms with Crippen LogP contribution in [0.2, 0.25) is 0 Å². The first-order valence-electron chi connectivity index (χ1n) is 8.74. The fourth-order valence-electron chi connectivity index (χ4n) is 3.02. The van der Waals surface area contributed by atoms with Gasteiger partial charge in [-0.3, -0.25) is 9.78 Å². The van der Waals surface area contributed by atoms with Gasteiger partial charge >= 0.3 is 0 Å². The largest absolute Gasteiger partial charge is 0.344 e. The van der Waals surface area contributed by atoms with Crippen molar-refractivity contribution >= 4 is 16.8 Å². The first-order chi connectivity index (χ1) is 12.0. The van der Waals surface area contributed by atoms with Crippen LogP contribution in [-0.4, -0.2) is 20.9 Å². The van der Waals surface area contributed by atoms with Gasteiger partial charge in [-0.2, -0.15) is 0 Å². The molecule has 1 atom stereocenters. The van der Waals surface area contributed by atoms with Crippen LogP contribution in [-0.2, 0) is 6.42 Å². The highest BCUT2D eigenvalue weighted by atomic mass is 16.1. The molecule has 0 unspecified atom stereocenters. The number of aryl methyl sites for hydroxylation is 3. The van der Waals surface area contributed by atoms with Crippen LogP contribution in [0.3, 0.4) is 0 Å². The standard InChI is InChI=1S/C20H24N4O/c1-5-14-7-8-18-15(10-14)16(9-12(3)22-18)20(25)24-17(6-2)19-21-11-13(4)23-19/h7-11,17H,5-6H2,1-4H3,(H,21,23)(H,24,25)/t17-/m0/s1. The maximum atomic E-state index is 13.0. The Morgan fingerprint density at radius 3 is 2.68 bits per heavy atom. The molecule has 0 saturated heterocycles. The fourth-order valence-corrected chi connectivity index (χ4v) is 3.02. The quantitative estimate of drug-likeness (QED) is 0.739. The number of fused-ring (bicyclic) bond motifs is 1. The van der Waals surface area contributed by atoms with E-state index in [1.165, 1.54) is 5.56 Å². The predicted molar refractivity (Wildman–Crippen MR) is 99.7 cm³/mol. The molecule has 3 aromatic rings. The zero-order valence-corrected chi connectivity index (χ0v) is 15.2. The first-order valence-corrected chi connectivity index (χ1v) is 8.74. The number of imidazole rings is 1. The van der Waals surface area contributed by atoms with Gasteiger partial charge < -0.3 is 10.3 Å². The minimum atomic E-state index is -0.140. The Labute approximate surface area is 147 Å². The number of carbonyl (C=O) groups is 1. The number of hydrogen-bond acceptors (Lipinski definition) is 3. The van der Waals surface area contributed by atoms with Gasteiger partial charge in [0.1, 0.15) is 5.82 Å². The highest BCUT2D eigenvalue weighted by Gasteiger charge is 2.19. The molecule has 1 amide bonds. The van der Waals surface area contributed by atoms with Crippen LogP contribution in [0.1, 0.15) is 59.4 Å². The molecule has 0 fully saturated rings. The van der Waals surface area contributed by atoms with E-state index in [0.29, 0.717) is 5.56 Å². The molecule has 0 bridgehead atoms. The molecule has 1 aromatic carbocycles. The molecule has 2 heterocycles. The van der Waals surface area contributed by atoms with Gasteiger partial charge in [0.2, 0.25) is 0 Å². The van der Waals surface area contributed by atoms with Crippen LogP contribution in [0.4, 0.5) is 0 Å². The summed E-state index contributed by atoms with van der Waals surface area (Å²) in [7, 11) is 0. The Morgan fingerprint density at radius 1 is 1.24 bits per heavy atom. The van der Waals surface area contributed by atoms with Crippen molar-refractivity contribution in [3.05, 3.63) is 58.8 Å². The molecule has 0 aliphatic rings. The predicted octanol–water partition coefficient (Wildman–Crippen LogP) is 4.02. The number of nitrogens with zero attached hydrogens (tertiary/aromatic N) is 2. The van der Waals surface area contributed by atoms with E-state index in [2.05, 4.69) is 39.3 Å². The van der Waals surface area contributed by atoms with Gasteiger partial charge in [0, 0.05) is 23.0 Å². The molecule has 0 aliphatic carbocycles. The van der Waals surface area contributed by atoms with Crippen LogP contribution in [0, 0.1) is 13.8 Å². The molecule has 0 saturated carbocycles. The van der Waals surface area contributed by atoms with Gasteiger partial charge in [0.15, 0.2) is 0 Å². The van der Waals surface area contributed by atoms with E-state index >= 15 is 0 Å². The number of amides is 1. The zero-order valence-electron chi connectivity index (χ0n) is 15.2. The van der Waals surface area contributed by atoms with Gasteiger partial charge in [-0.1, -0.05) is 19.9 Å². The number of H-pyrrole nitrogens is 1. The molecule has 2 N–H and O–H groups in total. The average Bonchev–Trinajstić information content (AvgIpc) is 3.04. The average molecular weight is 336 g/mol. The second-order valence-corrected chi connectivity index (χ2v) is 6.40. The Balaban J connectivity index is 1.98. The summed E-state index contributed by atoms with van der Waals surface area (Å²) in [6.07, 6.45) is 3.47. The Morgan fingerprint density at radius 2 is 2.04 bits per heavy atom. The number of benzene rings is 1. The third-order valence-electron chi connectivity index (χ3n) is 4.42. The molecular formula is C20H24N4O. The number of aromatic amines is 1. The Hall–Kier alpha value is -2.69. The first kappa shape index (κ1) is 17.1. The lowest BCUT2D eigenvalue weighted by Gasteiger charge is -2.16. The van der Waals surface area contributed by atoms with Gasteiger partial charge in [0.05, 0.1) is 17.1 Å². The molecular weight excluding hydrogens is 312 g/mol. The van der Waals surface area contributed by atoms with Crippen molar-refractivity contribution in [1.82, 2.24) is 20.3 Å². The summed E-state index contributed by atoms with van der Waals surface area (Å²) in [6.45, 7) is 8.01. The Bertz CT molecular complexity index is 913. The lowest BCUT2D eigenvalue weighted by atomic mass is 10.0. The number of hydrogen-bond donors (Lipinski definition) is 2. The molecule has 5 heteroatoms. The van der Waals surface area contributed by atoms with Crippen molar-refractivity contribution in [2.45, 2.75) is 46.6 Å². The monoisotopic (exact) mass is 336 g/mol. The molecule has 25 heavy (non-hydrogen) atoms. The highest BCUT2D eigenvalue weighted by molar-refractivity contribution is 6.06. The minimum Gasteiger partial charge on any atom is -0.344 e. The summed E-state index contributed by atoms with van der Waals surface area (Å²) in [5, 5.41) is 4.01. The maximum absolute atomic E-state index is 13.0. The molecule has 2 aromatic heterocycles. The van der Waals surface area contributed by atoms with Crippen molar-refractivity contribution < 1.29 is 4.79 Å². The van der Waals surface area contributed by atoms with Gasteiger partial charge in [-0.15, -0.1) is 0 Å². The van der Waals surface area contributed by atoms with Crippen LogP contribution >= 0.6 is 0 Å². The van der Waals surface area contributed by atoms with Crippen LogP contribution < -0.4 is 5.32 Å². The van der Waals surface area contributed by atoms with Crippen molar-refractivity contribution in [3.63, 3.8) is 0 Å². The van der Waals surface area contributed by atoms with E-state index in [1.54, 1.807) is 6.20 Å². The van der Waals surface area contributed by atoms with E-state index in [1.807, 2.05) is 32.9 Å². The molecule has 0 radical (unpaired) electrons. The SMILES string of the molecule is CCc1ccc2nc(C)cc(C(=O)N[C@@H](CC)c3ncc(C)[nH]3)c2c1. The van der Waals surface area contributed by atoms with Gasteiger partial charge in [0.25, 0.3) is 5.91 Å². The van der Waals surface area contributed by atoms with Crippen molar-refractivity contribution in [2.24, 2.45) is 0 Å². The number of carbonyl (C=O) groups excluding carboxylic acids is 1. The summed E-state index contributed by atoms with van der Waals surface area (Å²) in [6, 6.07) is 7.84. The second-order valence-electron chi connectivity index (χ2n) is 6.40. The maximum Gasteiger partial charge on any atom is 0.252 e. The molecule has 5 nitrogen and oxygen atoms in total. The van der Waals surface area contributed by atoms with E-state index in [4.69, 9.17) is 0 Å². The van der Waals surface area contributed by atoms with Gasteiger partial charge in [-0.25, -0.2) is 4.98 Å². The fraction of sp³-hybridized carbons (Fsp3) is 0.350. The molecule has 3 rings (SSSR count). The number of pyridine rings is 1.